The van der Waals surface area contributed by atoms with Crippen LogP contribution in [0.15, 0.2) is 18.2 Å². The Morgan fingerprint density at radius 3 is 2.61 bits per heavy atom. The summed E-state index contributed by atoms with van der Waals surface area (Å²) in [6, 6.07) is 4.49. The third kappa shape index (κ3) is 4.30. The highest BCUT2D eigenvalue weighted by atomic mass is 32.1. The number of nitrogen functional groups attached to an aromatic ring is 1. The van der Waals surface area contributed by atoms with Crippen molar-refractivity contribution in [1.82, 2.24) is 15.2 Å². The summed E-state index contributed by atoms with van der Waals surface area (Å²) in [7, 11) is 0. The molecule has 0 bridgehead atoms. The molecule has 5 rings (SSSR count). The lowest BCUT2D eigenvalue weighted by molar-refractivity contribution is -0.136. The normalized spacial score (nSPS) is 17.5. The predicted molar refractivity (Wildman–Crippen MR) is 111 cm³/mol. The van der Waals surface area contributed by atoms with E-state index < -0.39 is 11.7 Å². The van der Waals surface area contributed by atoms with Crippen LogP contribution in [-0.2, 0) is 15.7 Å². The Kier molecular flexibility index (Phi) is 5.19. The van der Waals surface area contributed by atoms with Crippen molar-refractivity contribution in [1.29, 1.82) is 0 Å². The number of hydrogen-bond donors (Lipinski definition) is 2. The molecule has 2 aliphatic rings. The second-order valence-corrected chi connectivity index (χ2v) is 8.61. The summed E-state index contributed by atoms with van der Waals surface area (Å²) < 4.78 is 52.1. The van der Waals surface area contributed by atoms with Crippen LogP contribution in [0.1, 0.15) is 36.3 Å². The van der Waals surface area contributed by atoms with Gasteiger partial charge in [0.1, 0.15) is 5.69 Å². The van der Waals surface area contributed by atoms with Gasteiger partial charge >= 0.3 is 6.18 Å². The number of rotatable bonds is 6. The van der Waals surface area contributed by atoms with Gasteiger partial charge in [0.25, 0.3) is 0 Å². The quantitative estimate of drug-likeness (QED) is 0.573. The van der Waals surface area contributed by atoms with Crippen molar-refractivity contribution >= 4 is 33.1 Å². The van der Waals surface area contributed by atoms with Crippen molar-refractivity contribution < 1.29 is 22.6 Å². The molecule has 0 radical (unpaired) electrons. The number of hydrogen-bond acceptors (Lipinski definition) is 8. The first-order valence-corrected chi connectivity index (χ1v) is 10.8. The van der Waals surface area contributed by atoms with Gasteiger partial charge in [-0.1, -0.05) is 11.3 Å². The van der Waals surface area contributed by atoms with Crippen molar-refractivity contribution in [2.24, 2.45) is 0 Å². The molecule has 3 N–H and O–H groups in total. The Hall–Kier alpha value is -2.50. The lowest BCUT2D eigenvalue weighted by atomic mass is 10.0. The molecule has 1 aliphatic heterocycles. The molecule has 0 unspecified atom stereocenters. The standard InChI is InChI=1S/C20H20F3N5O2S/c21-20(22,23)13-8-11(10-1-2-10)7-12-14(24)9-15(26-17(12)13)18-27-28-19(31-18)25-4-3-16-29-5-6-30-16/h7-10,16H,1-6H2,(H2,24,26)(H,25,28). The number of alkyl halides is 3. The van der Waals surface area contributed by atoms with E-state index in [0.29, 0.717) is 47.3 Å². The van der Waals surface area contributed by atoms with Gasteiger partial charge in [-0.15, -0.1) is 10.2 Å². The summed E-state index contributed by atoms with van der Waals surface area (Å²) >= 11 is 1.20. The van der Waals surface area contributed by atoms with Gasteiger partial charge in [0.15, 0.2) is 11.3 Å². The van der Waals surface area contributed by atoms with E-state index in [1.807, 2.05) is 0 Å². The van der Waals surface area contributed by atoms with Gasteiger partial charge in [-0.3, -0.25) is 0 Å². The van der Waals surface area contributed by atoms with Crippen LogP contribution in [0.25, 0.3) is 21.6 Å². The van der Waals surface area contributed by atoms with Gasteiger partial charge in [-0.2, -0.15) is 13.2 Å². The molecular formula is C20H20F3N5O2S. The highest BCUT2D eigenvalue weighted by molar-refractivity contribution is 7.18. The number of fused-ring (bicyclic) bond motifs is 1. The number of nitrogens with zero attached hydrogens (tertiary/aromatic N) is 3. The first kappa shape index (κ1) is 20.4. The van der Waals surface area contributed by atoms with Crippen molar-refractivity contribution in [3.8, 4) is 10.7 Å². The second-order valence-electron chi connectivity index (χ2n) is 7.63. The fourth-order valence-electron chi connectivity index (χ4n) is 3.62. The summed E-state index contributed by atoms with van der Waals surface area (Å²) in [6.07, 6.45) is -2.32. The van der Waals surface area contributed by atoms with Crippen molar-refractivity contribution in [2.45, 2.75) is 37.6 Å². The third-order valence-corrected chi connectivity index (χ3v) is 6.22. The molecule has 0 spiro atoms. The van der Waals surface area contributed by atoms with Crippen LogP contribution in [0.4, 0.5) is 24.0 Å². The van der Waals surface area contributed by atoms with E-state index in [2.05, 4.69) is 20.5 Å². The van der Waals surface area contributed by atoms with Crippen molar-refractivity contribution in [3.63, 3.8) is 0 Å². The molecule has 1 saturated heterocycles. The maximum Gasteiger partial charge on any atom is 0.418 e. The number of halogens is 3. The van der Waals surface area contributed by atoms with E-state index in [4.69, 9.17) is 15.2 Å². The Bertz CT molecular complexity index is 1110. The van der Waals surface area contributed by atoms with E-state index >= 15 is 0 Å². The minimum Gasteiger partial charge on any atom is -0.398 e. The maximum atomic E-state index is 13.8. The van der Waals surface area contributed by atoms with E-state index in [1.54, 1.807) is 12.1 Å². The van der Waals surface area contributed by atoms with Gasteiger partial charge in [0.05, 0.1) is 24.3 Å². The summed E-state index contributed by atoms with van der Waals surface area (Å²) in [4.78, 5) is 4.29. The lowest BCUT2D eigenvalue weighted by Crippen LogP contribution is -2.13. The zero-order valence-electron chi connectivity index (χ0n) is 16.4. The molecule has 1 aliphatic carbocycles. The molecule has 2 fully saturated rings. The van der Waals surface area contributed by atoms with E-state index in [0.717, 1.165) is 12.8 Å². The average molecular weight is 451 g/mol. The first-order valence-electron chi connectivity index (χ1n) is 10.0. The van der Waals surface area contributed by atoms with Crippen molar-refractivity contribution in [3.05, 3.63) is 29.3 Å². The maximum absolute atomic E-state index is 13.8. The zero-order chi connectivity index (χ0) is 21.6. The van der Waals surface area contributed by atoms with E-state index in [9.17, 15) is 13.2 Å². The summed E-state index contributed by atoms with van der Waals surface area (Å²) in [6.45, 7) is 1.74. The van der Waals surface area contributed by atoms with Gasteiger partial charge in [-0.25, -0.2) is 4.98 Å². The topological polar surface area (TPSA) is 95.2 Å². The van der Waals surface area contributed by atoms with Crippen LogP contribution < -0.4 is 11.1 Å². The fraction of sp³-hybridized carbons (Fsp3) is 0.450. The summed E-state index contributed by atoms with van der Waals surface area (Å²) in [5.41, 5.74) is 6.41. The van der Waals surface area contributed by atoms with Crippen LogP contribution in [0.3, 0.4) is 0 Å². The molecular weight excluding hydrogens is 431 g/mol. The van der Waals surface area contributed by atoms with Crippen molar-refractivity contribution in [2.75, 3.05) is 30.8 Å². The molecule has 7 nitrogen and oxygen atoms in total. The van der Waals surface area contributed by atoms with Crippen LogP contribution in [0.2, 0.25) is 0 Å². The van der Waals surface area contributed by atoms with Gasteiger partial charge in [0.2, 0.25) is 5.13 Å². The third-order valence-electron chi connectivity index (χ3n) is 5.31. The smallest absolute Gasteiger partial charge is 0.398 e. The molecule has 11 heteroatoms. The molecule has 1 aromatic carbocycles. The first-order chi connectivity index (χ1) is 14.9. The Labute approximate surface area is 179 Å². The SMILES string of the molecule is Nc1cc(-c2nnc(NCCC3OCCO3)s2)nc2c(C(F)(F)F)cc(C3CC3)cc12. The Morgan fingerprint density at radius 2 is 1.90 bits per heavy atom. The average Bonchev–Trinajstić information content (AvgIpc) is 3.24. The summed E-state index contributed by atoms with van der Waals surface area (Å²) in [5.74, 6) is 0.168. The number of benzene rings is 1. The molecule has 3 heterocycles. The van der Waals surface area contributed by atoms with Crippen LogP contribution in [0.5, 0.6) is 0 Å². The molecule has 3 aromatic rings. The Balaban J connectivity index is 1.44. The van der Waals surface area contributed by atoms with Crippen LogP contribution in [-0.4, -0.2) is 41.2 Å². The highest BCUT2D eigenvalue weighted by Crippen LogP contribution is 2.45. The fourth-order valence-corrected chi connectivity index (χ4v) is 4.35. The molecule has 1 saturated carbocycles. The number of anilines is 2. The van der Waals surface area contributed by atoms with E-state index in [-0.39, 0.29) is 29.1 Å². The van der Waals surface area contributed by atoms with Gasteiger partial charge < -0.3 is 20.5 Å². The molecule has 31 heavy (non-hydrogen) atoms. The highest BCUT2D eigenvalue weighted by Gasteiger charge is 2.36. The summed E-state index contributed by atoms with van der Waals surface area (Å²) in [5, 5.41) is 12.5. The number of aromatic nitrogens is 3. The number of nitrogens with one attached hydrogen (secondary N) is 1. The number of nitrogens with two attached hydrogens (primary N) is 1. The number of ether oxygens (including phenoxy) is 2. The van der Waals surface area contributed by atoms with Crippen LogP contribution in [0, 0.1) is 0 Å². The van der Waals surface area contributed by atoms with Gasteiger partial charge in [-0.05, 0) is 42.5 Å². The Morgan fingerprint density at radius 1 is 1.13 bits per heavy atom. The lowest BCUT2D eigenvalue weighted by Gasteiger charge is -2.14. The van der Waals surface area contributed by atoms with E-state index in [1.165, 1.54) is 17.4 Å². The second kappa shape index (κ2) is 7.88. The molecule has 0 atom stereocenters. The molecule has 0 amide bonds. The van der Waals surface area contributed by atoms with Crippen LogP contribution >= 0.6 is 11.3 Å². The predicted octanol–water partition coefficient (Wildman–Crippen LogP) is 4.41. The zero-order valence-corrected chi connectivity index (χ0v) is 17.2. The molecule has 164 valence electrons. The number of pyridine rings is 1. The minimum atomic E-state index is -4.53. The van der Waals surface area contributed by atoms with Gasteiger partial charge in [0, 0.05) is 24.0 Å². The largest absolute Gasteiger partial charge is 0.418 e. The monoisotopic (exact) mass is 451 g/mol. The molecule has 2 aromatic heterocycles. The minimum absolute atomic E-state index is 0.160.